The second-order valence-electron chi connectivity index (χ2n) is 6.15. The number of rotatable bonds is 7. The van der Waals surface area contributed by atoms with Crippen molar-refractivity contribution >= 4 is 40.4 Å². The highest BCUT2D eigenvalue weighted by atomic mass is 28.5. The third-order valence-electron chi connectivity index (χ3n) is 2.72. The second kappa shape index (κ2) is 7.30. The van der Waals surface area contributed by atoms with E-state index in [9.17, 15) is 0 Å². The van der Waals surface area contributed by atoms with Gasteiger partial charge in [-0.3, -0.25) is 0 Å². The lowest BCUT2D eigenvalue weighted by molar-refractivity contribution is 0.346. The minimum Gasteiger partial charge on any atom is -0.440 e. The monoisotopic (exact) mass is 344 g/mol. The van der Waals surface area contributed by atoms with Crippen LogP contribution in [0.25, 0.3) is 0 Å². The van der Waals surface area contributed by atoms with Crippen molar-refractivity contribution < 1.29 is 12.3 Å². The predicted molar refractivity (Wildman–Crippen MR) is 96.2 cm³/mol. The molecule has 0 amide bonds. The Morgan fingerprint density at radius 1 is 0.800 bits per heavy atom. The van der Waals surface area contributed by atoms with Gasteiger partial charge < -0.3 is 12.3 Å². The Morgan fingerprint density at radius 2 is 1.30 bits per heavy atom. The van der Waals surface area contributed by atoms with Crippen molar-refractivity contribution in [1.82, 2.24) is 0 Å². The van der Waals surface area contributed by atoms with Crippen molar-refractivity contribution in [3.63, 3.8) is 0 Å². The summed E-state index contributed by atoms with van der Waals surface area (Å²) in [6, 6.07) is 10.4. The summed E-state index contributed by atoms with van der Waals surface area (Å²) in [6.07, 6.45) is 0. The van der Waals surface area contributed by atoms with Gasteiger partial charge in [0.1, 0.15) is 0 Å². The van der Waals surface area contributed by atoms with Crippen molar-refractivity contribution in [3.8, 4) is 0 Å². The molecule has 0 N–H and O–H groups in total. The Labute approximate surface area is 129 Å². The van der Waals surface area contributed by atoms with Gasteiger partial charge in [-0.15, -0.1) is 0 Å². The van der Waals surface area contributed by atoms with E-state index in [-0.39, 0.29) is 0 Å². The first-order valence-electron chi connectivity index (χ1n) is 7.26. The molecule has 1 aromatic carbocycles. The lowest BCUT2D eigenvalue weighted by Crippen LogP contribution is -2.60. The van der Waals surface area contributed by atoms with Crippen LogP contribution in [0.3, 0.4) is 0 Å². The van der Waals surface area contributed by atoms with Gasteiger partial charge in [-0.25, -0.2) is 0 Å². The summed E-state index contributed by atoms with van der Waals surface area (Å²) in [6.45, 7) is 15.2. The number of benzene rings is 1. The molecule has 0 heterocycles. The quantitative estimate of drug-likeness (QED) is 0.712. The van der Waals surface area contributed by atoms with Crippen LogP contribution in [0, 0.1) is 0 Å². The Kier molecular flexibility index (Phi) is 6.57. The Hall–Kier alpha value is -0.0325. The Balaban J connectivity index is 3.01. The zero-order valence-electron chi connectivity index (χ0n) is 13.8. The summed E-state index contributed by atoms with van der Waals surface area (Å²) < 4.78 is 19.1. The summed E-state index contributed by atoms with van der Waals surface area (Å²) in [5.74, 6) is 0. The van der Waals surface area contributed by atoms with Gasteiger partial charge >= 0.3 is 17.1 Å². The normalized spacial score (nSPS) is 15.7. The minimum absolute atomic E-state index is 1.10. The zero-order valence-corrected chi connectivity index (χ0v) is 18.1. The first-order chi connectivity index (χ1) is 9.15. The average Bonchev–Trinajstić information content (AvgIpc) is 2.26. The average molecular weight is 345 g/mol. The molecule has 0 aromatic heterocycles. The minimum atomic E-state index is -2.37. The van der Waals surface area contributed by atoms with Crippen LogP contribution in [0.15, 0.2) is 30.3 Å². The van der Waals surface area contributed by atoms with Crippen LogP contribution in [0.1, 0.15) is 0 Å². The maximum absolute atomic E-state index is 6.54. The summed E-state index contributed by atoms with van der Waals surface area (Å²) in [4.78, 5) is 0. The molecule has 0 spiro atoms. The third kappa shape index (κ3) is 5.76. The first kappa shape index (κ1) is 18.0. The molecule has 0 saturated heterocycles. The molecule has 0 fully saturated rings. The molecule has 1 atom stereocenters. The molecule has 0 aliphatic carbocycles. The fourth-order valence-electron chi connectivity index (χ4n) is 2.40. The molecule has 0 aliphatic rings. The lowest BCUT2D eigenvalue weighted by atomic mass is 10.4. The van der Waals surface area contributed by atoms with E-state index < -0.39 is 35.2 Å². The molecule has 1 rings (SSSR count). The van der Waals surface area contributed by atoms with Crippen LogP contribution in [-0.4, -0.2) is 35.2 Å². The first-order valence-corrected chi connectivity index (χ1v) is 18.0. The van der Waals surface area contributed by atoms with E-state index in [1.165, 1.54) is 5.19 Å². The van der Waals surface area contributed by atoms with Crippen LogP contribution >= 0.6 is 0 Å². The fraction of sp³-hybridized carbons (Fsp3) is 0.538. The van der Waals surface area contributed by atoms with Gasteiger partial charge in [-0.1, -0.05) is 30.3 Å². The van der Waals surface area contributed by atoms with Crippen molar-refractivity contribution in [2.45, 2.75) is 45.8 Å². The van der Waals surface area contributed by atoms with E-state index in [2.05, 4.69) is 70.1 Å². The molecular formula is C13H28O3Si4. The van der Waals surface area contributed by atoms with Gasteiger partial charge in [-0.2, -0.15) is 0 Å². The van der Waals surface area contributed by atoms with Gasteiger partial charge in [0.05, 0.1) is 0 Å². The molecule has 114 valence electrons. The summed E-state index contributed by atoms with van der Waals surface area (Å²) in [5.41, 5.74) is 0. The maximum Gasteiger partial charge on any atom is 0.350 e. The van der Waals surface area contributed by atoms with Crippen molar-refractivity contribution in [2.75, 3.05) is 0 Å². The Bertz CT molecular complexity index is 411. The molecule has 3 nitrogen and oxygen atoms in total. The lowest BCUT2D eigenvalue weighted by Gasteiger charge is -2.37. The van der Waals surface area contributed by atoms with E-state index in [0.717, 1.165) is 0 Å². The van der Waals surface area contributed by atoms with Gasteiger partial charge in [-0.05, 0) is 51.0 Å². The fourth-order valence-corrected chi connectivity index (χ4v) is 17.4. The molecule has 1 unspecified atom stereocenters. The maximum atomic E-state index is 6.54. The Morgan fingerprint density at radius 3 is 1.75 bits per heavy atom. The molecule has 0 bridgehead atoms. The van der Waals surface area contributed by atoms with Crippen LogP contribution < -0.4 is 5.19 Å². The van der Waals surface area contributed by atoms with E-state index >= 15 is 0 Å². The van der Waals surface area contributed by atoms with Crippen LogP contribution in [0.5, 0.6) is 0 Å². The molecular weight excluding hydrogens is 316 g/mol. The van der Waals surface area contributed by atoms with E-state index in [1.54, 1.807) is 0 Å². The zero-order chi connectivity index (χ0) is 15.4. The van der Waals surface area contributed by atoms with Crippen molar-refractivity contribution in [3.05, 3.63) is 30.3 Å². The van der Waals surface area contributed by atoms with Crippen LogP contribution in [-0.2, 0) is 12.3 Å². The standard InChI is InChI=1S/C13H28O3Si4/c1-17(2)14-19(5,6)16-20(7,15-18(3)4)13-11-9-8-10-12-13/h8-12,17-18H,1-7H3. The van der Waals surface area contributed by atoms with Crippen LogP contribution in [0.2, 0.25) is 45.8 Å². The van der Waals surface area contributed by atoms with Gasteiger partial charge in [0.15, 0.2) is 18.1 Å². The van der Waals surface area contributed by atoms with E-state index in [0.29, 0.717) is 0 Å². The van der Waals surface area contributed by atoms with Gasteiger partial charge in [0, 0.05) is 0 Å². The molecule has 0 aliphatic heterocycles. The number of hydrogen-bond acceptors (Lipinski definition) is 3. The highest BCUT2D eigenvalue weighted by Gasteiger charge is 2.42. The molecule has 20 heavy (non-hydrogen) atoms. The predicted octanol–water partition coefficient (Wildman–Crippen LogP) is 2.68. The molecule has 0 saturated carbocycles. The third-order valence-corrected chi connectivity index (χ3v) is 15.5. The van der Waals surface area contributed by atoms with Gasteiger partial charge in [0.2, 0.25) is 0 Å². The summed E-state index contributed by atoms with van der Waals surface area (Å²) in [5, 5.41) is 1.20. The molecule has 1 aromatic rings. The van der Waals surface area contributed by atoms with Crippen LogP contribution in [0.4, 0.5) is 0 Å². The highest BCUT2D eigenvalue weighted by molar-refractivity contribution is 6.91. The largest absolute Gasteiger partial charge is 0.440 e. The highest BCUT2D eigenvalue weighted by Crippen LogP contribution is 2.19. The topological polar surface area (TPSA) is 27.7 Å². The SMILES string of the molecule is C[SiH](C)O[Si](C)(C)O[Si](C)(O[SiH](C)C)c1ccccc1. The van der Waals surface area contributed by atoms with Crippen molar-refractivity contribution in [2.24, 2.45) is 0 Å². The van der Waals surface area contributed by atoms with Gasteiger partial charge in [0.25, 0.3) is 0 Å². The summed E-state index contributed by atoms with van der Waals surface area (Å²) >= 11 is 0. The number of hydrogen-bond donors (Lipinski definition) is 0. The van der Waals surface area contributed by atoms with E-state index in [4.69, 9.17) is 12.3 Å². The second-order valence-corrected chi connectivity index (χ2v) is 18.3. The van der Waals surface area contributed by atoms with Crippen molar-refractivity contribution in [1.29, 1.82) is 0 Å². The molecule has 0 radical (unpaired) electrons. The summed E-state index contributed by atoms with van der Waals surface area (Å²) in [7, 11) is -6.78. The van der Waals surface area contributed by atoms with E-state index in [1.807, 2.05) is 6.07 Å². The smallest absolute Gasteiger partial charge is 0.350 e. The molecule has 7 heteroatoms.